The predicted molar refractivity (Wildman–Crippen MR) is 204 cm³/mol. The zero-order valence-electron chi connectivity index (χ0n) is 31.3. The van der Waals surface area contributed by atoms with E-state index in [-0.39, 0.29) is 11.3 Å². The van der Waals surface area contributed by atoms with Crippen molar-refractivity contribution in [3.8, 4) is 34.1 Å². The third-order valence-electron chi connectivity index (χ3n) is 8.43. The summed E-state index contributed by atoms with van der Waals surface area (Å²) in [6.07, 6.45) is 8.35. The van der Waals surface area contributed by atoms with E-state index in [0.29, 0.717) is 29.4 Å². The number of methoxy groups -OCH3 is 1. The Bertz CT molecular complexity index is 1680. The van der Waals surface area contributed by atoms with Crippen LogP contribution in [0.1, 0.15) is 102 Å². The number of nitrogens with one attached hydrogen (secondary N) is 1. The molecule has 0 unspecified atom stereocenters. The van der Waals surface area contributed by atoms with E-state index in [4.69, 9.17) is 19.2 Å². The van der Waals surface area contributed by atoms with E-state index < -0.39 is 11.6 Å². The van der Waals surface area contributed by atoms with E-state index >= 15 is 0 Å². The molecule has 3 aromatic carbocycles. The molecular weight excluding hydrogens is 622 g/mol. The van der Waals surface area contributed by atoms with Gasteiger partial charge in [0.1, 0.15) is 17.1 Å². The van der Waals surface area contributed by atoms with Crippen LogP contribution >= 0.6 is 0 Å². The standard InChI is InChI=1S/C43H55N3O4/c1-10-11-12-13-14-27-49-36-25-21-32(22-26-36)37-29-44-39(46-41(37)48-9)33-17-15-31(16-18-33)28-38(30(2)50-43(6,7)8)45-40(47)34-19-23-35(24-20-34)42(3,4)5/h15-26,29,38H,2,10-14,27-28H2,1,3-9H3,(H,45,47)/t38-/m0/s1. The molecule has 4 rings (SSSR count). The number of unbranched alkanes of at least 4 members (excludes halogenated alkanes) is 4. The number of hydrogen-bond acceptors (Lipinski definition) is 6. The molecule has 0 saturated heterocycles. The molecule has 7 nitrogen and oxygen atoms in total. The summed E-state index contributed by atoms with van der Waals surface area (Å²) >= 11 is 0. The number of carbonyl (C=O) groups excluding carboxylic acids is 1. The number of benzene rings is 3. The summed E-state index contributed by atoms with van der Waals surface area (Å²) in [5, 5.41) is 3.16. The van der Waals surface area contributed by atoms with Gasteiger partial charge in [-0.15, -0.1) is 0 Å². The van der Waals surface area contributed by atoms with Gasteiger partial charge >= 0.3 is 0 Å². The summed E-state index contributed by atoms with van der Waals surface area (Å²) in [4.78, 5) is 22.8. The Morgan fingerprint density at radius 1 is 0.840 bits per heavy atom. The van der Waals surface area contributed by atoms with E-state index in [1.165, 1.54) is 31.2 Å². The largest absolute Gasteiger partial charge is 0.494 e. The van der Waals surface area contributed by atoms with Crippen LogP contribution in [-0.4, -0.2) is 41.2 Å². The van der Waals surface area contributed by atoms with E-state index in [1.54, 1.807) is 13.3 Å². The molecule has 0 aliphatic heterocycles. The van der Waals surface area contributed by atoms with Gasteiger partial charge in [-0.2, -0.15) is 4.98 Å². The first kappa shape index (κ1) is 38.2. The molecule has 0 radical (unpaired) electrons. The van der Waals surface area contributed by atoms with Crippen molar-refractivity contribution in [3.63, 3.8) is 0 Å². The molecule has 1 atom stereocenters. The quantitative estimate of drug-likeness (QED) is 0.0939. The van der Waals surface area contributed by atoms with E-state index in [0.717, 1.165) is 41.0 Å². The maximum Gasteiger partial charge on any atom is 0.251 e. The van der Waals surface area contributed by atoms with Crippen LogP contribution in [0.2, 0.25) is 0 Å². The number of nitrogens with zero attached hydrogens (tertiary/aromatic N) is 2. The minimum absolute atomic E-state index is 0.00542. The van der Waals surface area contributed by atoms with Crippen LogP contribution in [0, 0.1) is 0 Å². The average Bonchev–Trinajstić information content (AvgIpc) is 3.08. The number of rotatable bonds is 16. The Kier molecular flexibility index (Phi) is 13.2. The molecule has 4 aromatic rings. The summed E-state index contributed by atoms with van der Waals surface area (Å²) in [5.74, 6) is 2.24. The van der Waals surface area contributed by atoms with Gasteiger partial charge in [0.2, 0.25) is 5.88 Å². The predicted octanol–water partition coefficient (Wildman–Crippen LogP) is 10.1. The topological polar surface area (TPSA) is 82.6 Å². The monoisotopic (exact) mass is 677 g/mol. The summed E-state index contributed by atoms with van der Waals surface area (Å²) < 4.78 is 17.8. The lowest BCUT2D eigenvalue weighted by atomic mass is 9.86. The maximum absolute atomic E-state index is 13.4. The summed E-state index contributed by atoms with van der Waals surface area (Å²) in [6, 6.07) is 23.3. The number of ether oxygens (including phenoxy) is 3. The van der Waals surface area contributed by atoms with Crippen molar-refractivity contribution in [2.75, 3.05) is 13.7 Å². The Morgan fingerprint density at radius 2 is 1.48 bits per heavy atom. The lowest BCUT2D eigenvalue weighted by molar-refractivity contribution is 0.0390. The smallest absolute Gasteiger partial charge is 0.251 e. The van der Waals surface area contributed by atoms with Crippen LogP contribution in [0.4, 0.5) is 0 Å². The van der Waals surface area contributed by atoms with Crippen molar-refractivity contribution in [1.82, 2.24) is 15.3 Å². The van der Waals surface area contributed by atoms with Gasteiger partial charge in [0.25, 0.3) is 5.91 Å². The zero-order chi connectivity index (χ0) is 36.3. The first-order valence-electron chi connectivity index (χ1n) is 17.8. The second-order valence-corrected chi connectivity index (χ2v) is 14.8. The van der Waals surface area contributed by atoms with Crippen molar-refractivity contribution in [1.29, 1.82) is 0 Å². The van der Waals surface area contributed by atoms with Crippen molar-refractivity contribution < 1.29 is 19.0 Å². The van der Waals surface area contributed by atoms with E-state index in [2.05, 4.69) is 44.6 Å². The molecule has 1 amide bonds. The number of hydrogen-bond donors (Lipinski definition) is 1. The highest BCUT2D eigenvalue weighted by Crippen LogP contribution is 2.31. The molecule has 1 aromatic heterocycles. The third kappa shape index (κ3) is 11.2. The highest BCUT2D eigenvalue weighted by atomic mass is 16.5. The minimum atomic E-state index is -0.454. The SMILES string of the molecule is C=C(OC(C)(C)C)[C@H](Cc1ccc(-c2ncc(-c3ccc(OCCCCCCC)cc3)c(OC)n2)cc1)NC(=O)c1ccc(C(C)(C)C)cc1. The molecule has 0 saturated carbocycles. The molecule has 0 spiro atoms. The average molecular weight is 678 g/mol. The van der Waals surface area contributed by atoms with Gasteiger partial charge in [0, 0.05) is 17.3 Å². The van der Waals surface area contributed by atoms with Crippen LogP contribution in [0.5, 0.6) is 11.6 Å². The van der Waals surface area contributed by atoms with Crippen molar-refractivity contribution >= 4 is 5.91 Å². The van der Waals surface area contributed by atoms with Gasteiger partial charge in [-0.25, -0.2) is 4.98 Å². The normalized spacial score (nSPS) is 12.2. The van der Waals surface area contributed by atoms with Gasteiger partial charge in [-0.1, -0.05) is 108 Å². The fourth-order valence-corrected chi connectivity index (χ4v) is 5.58. The van der Waals surface area contributed by atoms with E-state index in [1.807, 2.05) is 93.6 Å². The Labute approximate surface area is 299 Å². The van der Waals surface area contributed by atoms with Crippen molar-refractivity contribution in [3.05, 3.63) is 108 Å². The first-order valence-corrected chi connectivity index (χ1v) is 17.8. The van der Waals surface area contributed by atoms with Gasteiger partial charge in [0.05, 0.1) is 25.3 Å². The Hall–Kier alpha value is -4.65. The second kappa shape index (κ2) is 17.3. The van der Waals surface area contributed by atoms with E-state index in [9.17, 15) is 4.79 Å². The maximum atomic E-state index is 13.4. The molecule has 50 heavy (non-hydrogen) atoms. The van der Waals surface area contributed by atoms with Gasteiger partial charge < -0.3 is 19.5 Å². The first-order chi connectivity index (χ1) is 23.8. The highest BCUT2D eigenvalue weighted by Gasteiger charge is 2.24. The fraction of sp³-hybridized carbons (Fsp3) is 0.419. The lowest BCUT2D eigenvalue weighted by Crippen LogP contribution is -2.40. The minimum Gasteiger partial charge on any atom is -0.494 e. The number of amides is 1. The highest BCUT2D eigenvalue weighted by molar-refractivity contribution is 5.94. The van der Waals surface area contributed by atoms with Crippen molar-refractivity contribution in [2.45, 2.75) is 104 Å². The fourth-order valence-electron chi connectivity index (χ4n) is 5.58. The Morgan fingerprint density at radius 3 is 2.08 bits per heavy atom. The molecule has 7 heteroatoms. The van der Waals surface area contributed by atoms with Crippen LogP contribution in [0.25, 0.3) is 22.5 Å². The molecule has 0 aliphatic rings. The molecule has 266 valence electrons. The van der Waals surface area contributed by atoms with Crippen LogP contribution in [0.15, 0.2) is 91.3 Å². The second-order valence-electron chi connectivity index (χ2n) is 14.8. The summed E-state index contributed by atoms with van der Waals surface area (Å²) in [7, 11) is 1.62. The number of carbonyl (C=O) groups is 1. The van der Waals surface area contributed by atoms with Gasteiger partial charge in [0.15, 0.2) is 5.82 Å². The van der Waals surface area contributed by atoms with Gasteiger partial charge in [-0.05, 0) is 80.0 Å². The molecule has 0 bridgehead atoms. The summed E-state index contributed by atoms with van der Waals surface area (Å²) in [5.41, 5.74) is 4.94. The molecule has 0 fully saturated rings. The van der Waals surface area contributed by atoms with Crippen LogP contribution < -0.4 is 14.8 Å². The van der Waals surface area contributed by atoms with Crippen LogP contribution in [0.3, 0.4) is 0 Å². The molecule has 1 heterocycles. The number of aromatic nitrogens is 2. The zero-order valence-corrected chi connectivity index (χ0v) is 31.3. The molecule has 1 N–H and O–H groups in total. The van der Waals surface area contributed by atoms with Gasteiger partial charge in [-0.3, -0.25) is 4.79 Å². The third-order valence-corrected chi connectivity index (χ3v) is 8.43. The lowest BCUT2D eigenvalue weighted by Gasteiger charge is -2.28. The summed E-state index contributed by atoms with van der Waals surface area (Å²) in [6.45, 7) is 19.5. The molecule has 0 aliphatic carbocycles. The Balaban J connectivity index is 1.45. The molecular formula is C43H55N3O4. The van der Waals surface area contributed by atoms with Crippen molar-refractivity contribution in [2.24, 2.45) is 0 Å². The van der Waals surface area contributed by atoms with Crippen LogP contribution in [-0.2, 0) is 16.6 Å².